The quantitative estimate of drug-likeness (QED) is 0.851. The minimum absolute atomic E-state index is 0.317. The van der Waals surface area contributed by atoms with Gasteiger partial charge in [0.15, 0.2) is 0 Å². The Morgan fingerprint density at radius 3 is 2.68 bits per heavy atom. The van der Waals surface area contributed by atoms with E-state index < -0.39 is 0 Å². The van der Waals surface area contributed by atoms with E-state index in [9.17, 15) is 4.79 Å². The molecule has 0 unspecified atom stereocenters. The maximum absolute atomic E-state index is 11.7. The molecule has 22 heavy (non-hydrogen) atoms. The largest absolute Gasteiger partial charge is 0.494 e. The summed E-state index contributed by atoms with van der Waals surface area (Å²) in [4.78, 5) is 11.7. The smallest absolute Gasteiger partial charge is 0.323 e. The molecule has 0 atom stereocenters. The van der Waals surface area contributed by atoms with Crippen molar-refractivity contribution in [2.75, 3.05) is 11.9 Å². The summed E-state index contributed by atoms with van der Waals surface area (Å²) in [5.41, 5.74) is 1.60. The highest BCUT2D eigenvalue weighted by Gasteiger charge is 1.99. The Hall–Kier alpha value is -2.46. The molecule has 0 fully saturated rings. The Morgan fingerprint density at radius 2 is 2.00 bits per heavy atom. The lowest BCUT2D eigenvalue weighted by Crippen LogP contribution is -2.23. The molecule has 2 N–H and O–H groups in total. The molecular weight excluding hydrogens is 300 g/mol. The monoisotopic (exact) mass is 316 g/mol. The van der Waals surface area contributed by atoms with Gasteiger partial charge in [-0.15, -0.1) is 0 Å². The van der Waals surface area contributed by atoms with Crippen molar-refractivity contribution in [1.29, 1.82) is 0 Å². The number of ether oxygens (including phenoxy) is 1. The zero-order valence-corrected chi connectivity index (χ0v) is 12.9. The van der Waals surface area contributed by atoms with Gasteiger partial charge in [0.25, 0.3) is 0 Å². The number of halogens is 1. The van der Waals surface area contributed by atoms with Crippen LogP contribution in [0.25, 0.3) is 6.08 Å². The van der Waals surface area contributed by atoms with Crippen molar-refractivity contribution in [2.24, 2.45) is 0 Å². The molecule has 114 valence electrons. The number of urea groups is 1. The number of carbonyl (C=O) groups excluding carboxylic acids is 1. The standard InChI is InChI=1S/C17H17ClN2O2/c1-2-22-16-8-6-15(7-9-16)20-17(21)19-11-10-13-4-3-5-14(18)12-13/h3-12H,2H2,1H3,(H2,19,20,21)/b11-10+. The molecule has 0 radical (unpaired) electrons. The van der Waals surface area contributed by atoms with Gasteiger partial charge < -0.3 is 15.4 Å². The number of benzene rings is 2. The number of nitrogens with one attached hydrogen (secondary N) is 2. The average Bonchev–Trinajstić information content (AvgIpc) is 2.50. The lowest BCUT2D eigenvalue weighted by atomic mass is 10.2. The Kier molecular flexibility index (Phi) is 5.86. The molecule has 2 aromatic rings. The summed E-state index contributed by atoms with van der Waals surface area (Å²) in [5, 5.41) is 6.01. The lowest BCUT2D eigenvalue weighted by molar-refractivity contribution is 0.255. The van der Waals surface area contributed by atoms with Crippen LogP contribution in [0.4, 0.5) is 10.5 Å². The zero-order chi connectivity index (χ0) is 15.8. The van der Waals surface area contributed by atoms with E-state index in [1.165, 1.54) is 0 Å². The van der Waals surface area contributed by atoms with Gasteiger partial charge in [0.05, 0.1) is 6.61 Å². The molecule has 2 aromatic carbocycles. The normalized spacial score (nSPS) is 10.5. The van der Waals surface area contributed by atoms with Crippen LogP contribution in [0.3, 0.4) is 0 Å². The lowest BCUT2D eigenvalue weighted by Gasteiger charge is -2.06. The van der Waals surface area contributed by atoms with Gasteiger partial charge in [-0.25, -0.2) is 4.79 Å². The van der Waals surface area contributed by atoms with E-state index >= 15 is 0 Å². The fourth-order valence-corrected chi connectivity index (χ4v) is 1.99. The van der Waals surface area contributed by atoms with Crippen LogP contribution in [0.15, 0.2) is 54.7 Å². The molecule has 4 nitrogen and oxygen atoms in total. The van der Waals surface area contributed by atoms with Crippen LogP contribution in [0.2, 0.25) is 5.02 Å². The molecule has 2 amide bonds. The number of hydrogen-bond donors (Lipinski definition) is 2. The summed E-state index contributed by atoms with van der Waals surface area (Å²) in [6, 6.07) is 14.2. The van der Waals surface area contributed by atoms with Crippen molar-refractivity contribution in [3.05, 3.63) is 65.3 Å². The van der Waals surface area contributed by atoms with Crippen LogP contribution in [-0.4, -0.2) is 12.6 Å². The van der Waals surface area contributed by atoms with Gasteiger partial charge >= 0.3 is 6.03 Å². The van der Waals surface area contributed by atoms with Gasteiger partial charge in [-0.1, -0.05) is 23.7 Å². The first-order valence-corrected chi connectivity index (χ1v) is 7.27. The van der Waals surface area contributed by atoms with Crippen LogP contribution < -0.4 is 15.4 Å². The maximum Gasteiger partial charge on any atom is 0.323 e. The number of rotatable bonds is 5. The Labute approximate surface area is 134 Å². The van der Waals surface area contributed by atoms with Gasteiger partial charge in [-0.05, 0) is 55.0 Å². The summed E-state index contributed by atoms with van der Waals surface area (Å²) >= 11 is 5.89. The summed E-state index contributed by atoms with van der Waals surface area (Å²) in [7, 11) is 0. The van der Waals surface area contributed by atoms with Crippen LogP contribution in [0, 0.1) is 0 Å². The van der Waals surface area contributed by atoms with Crippen LogP contribution in [0.1, 0.15) is 12.5 Å². The van der Waals surface area contributed by atoms with Gasteiger partial charge in [0.2, 0.25) is 0 Å². The van der Waals surface area contributed by atoms with Crippen LogP contribution in [-0.2, 0) is 0 Å². The third kappa shape index (κ3) is 5.14. The van der Waals surface area contributed by atoms with E-state index in [1.807, 2.05) is 25.1 Å². The number of anilines is 1. The van der Waals surface area contributed by atoms with E-state index in [0.29, 0.717) is 17.3 Å². The van der Waals surface area contributed by atoms with Crippen molar-refractivity contribution in [2.45, 2.75) is 6.92 Å². The van der Waals surface area contributed by atoms with Gasteiger partial charge in [0, 0.05) is 16.9 Å². The van der Waals surface area contributed by atoms with Crippen molar-refractivity contribution in [1.82, 2.24) is 5.32 Å². The van der Waals surface area contributed by atoms with Crippen molar-refractivity contribution < 1.29 is 9.53 Å². The van der Waals surface area contributed by atoms with Gasteiger partial charge in [-0.2, -0.15) is 0 Å². The average molecular weight is 317 g/mol. The second-order valence-electron chi connectivity index (χ2n) is 4.44. The maximum atomic E-state index is 11.7. The summed E-state index contributed by atoms with van der Waals surface area (Å²) < 4.78 is 5.34. The van der Waals surface area contributed by atoms with Gasteiger partial charge in [-0.3, -0.25) is 0 Å². The Balaban J connectivity index is 1.85. The molecule has 0 spiro atoms. The molecule has 0 bridgehead atoms. The highest BCUT2D eigenvalue weighted by atomic mass is 35.5. The topological polar surface area (TPSA) is 50.4 Å². The number of hydrogen-bond acceptors (Lipinski definition) is 2. The van der Waals surface area contributed by atoms with E-state index in [0.717, 1.165) is 11.3 Å². The van der Waals surface area contributed by atoms with E-state index in [4.69, 9.17) is 16.3 Å². The second kappa shape index (κ2) is 8.10. The fourth-order valence-electron chi connectivity index (χ4n) is 1.79. The molecular formula is C17H17ClN2O2. The fraction of sp³-hybridized carbons (Fsp3) is 0.118. The summed E-state index contributed by atoms with van der Waals surface area (Å²) in [6.45, 7) is 2.54. The molecule has 2 rings (SSSR count). The predicted octanol–water partition coefficient (Wildman–Crippen LogP) is 4.53. The first-order chi connectivity index (χ1) is 10.7. The van der Waals surface area contributed by atoms with Crippen LogP contribution in [0.5, 0.6) is 5.75 Å². The van der Waals surface area contributed by atoms with Crippen LogP contribution >= 0.6 is 11.6 Å². The summed E-state index contributed by atoms with van der Waals surface area (Å²) in [6.07, 6.45) is 3.33. The van der Waals surface area contributed by atoms with E-state index in [-0.39, 0.29) is 6.03 Å². The number of carbonyl (C=O) groups is 1. The highest BCUT2D eigenvalue weighted by molar-refractivity contribution is 6.30. The second-order valence-corrected chi connectivity index (χ2v) is 4.88. The number of amides is 2. The molecule has 5 heteroatoms. The molecule has 0 aliphatic heterocycles. The Bertz CT molecular complexity index is 654. The Morgan fingerprint density at radius 1 is 1.23 bits per heavy atom. The minimum atomic E-state index is -0.317. The van der Waals surface area contributed by atoms with Gasteiger partial charge in [0.1, 0.15) is 5.75 Å². The minimum Gasteiger partial charge on any atom is -0.494 e. The third-order valence-corrected chi connectivity index (χ3v) is 3.00. The third-order valence-electron chi connectivity index (χ3n) is 2.76. The van der Waals surface area contributed by atoms with E-state index in [2.05, 4.69) is 10.6 Å². The first-order valence-electron chi connectivity index (χ1n) is 6.90. The molecule has 0 aromatic heterocycles. The zero-order valence-electron chi connectivity index (χ0n) is 12.2. The predicted molar refractivity (Wildman–Crippen MR) is 90.3 cm³/mol. The molecule has 0 saturated carbocycles. The highest BCUT2D eigenvalue weighted by Crippen LogP contribution is 2.15. The molecule has 0 aliphatic rings. The van der Waals surface area contributed by atoms with Crippen molar-refractivity contribution in [3.8, 4) is 5.75 Å². The SMILES string of the molecule is CCOc1ccc(NC(=O)N/C=C/c2cccc(Cl)c2)cc1. The van der Waals surface area contributed by atoms with Crippen molar-refractivity contribution >= 4 is 29.4 Å². The molecule has 0 heterocycles. The molecule has 0 aliphatic carbocycles. The molecule has 0 saturated heterocycles. The summed E-state index contributed by atoms with van der Waals surface area (Å²) in [5.74, 6) is 0.773. The van der Waals surface area contributed by atoms with E-state index in [1.54, 1.807) is 42.6 Å². The first kappa shape index (κ1) is 15.9. The van der Waals surface area contributed by atoms with Crippen molar-refractivity contribution in [3.63, 3.8) is 0 Å².